The minimum absolute atomic E-state index is 0.0624. The van der Waals surface area contributed by atoms with Crippen molar-refractivity contribution < 1.29 is 9.53 Å². The van der Waals surface area contributed by atoms with E-state index in [4.69, 9.17) is 4.74 Å². The lowest BCUT2D eigenvalue weighted by molar-refractivity contribution is -0.124. The maximum Gasteiger partial charge on any atom is 0.258 e. The Morgan fingerprint density at radius 1 is 1.40 bits per heavy atom. The molecule has 1 heterocycles. The summed E-state index contributed by atoms with van der Waals surface area (Å²) in [5, 5.41) is 6.31. The third kappa shape index (κ3) is 3.65. The fourth-order valence-corrected chi connectivity index (χ4v) is 2.22. The van der Waals surface area contributed by atoms with Gasteiger partial charge in [-0.05, 0) is 37.8 Å². The Morgan fingerprint density at radius 3 is 2.95 bits per heavy atom. The molecule has 2 N–H and O–H groups in total. The Labute approximate surface area is 120 Å². The van der Waals surface area contributed by atoms with Crippen molar-refractivity contribution in [2.45, 2.75) is 39.7 Å². The van der Waals surface area contributed by atoms with Crippen LogP contribution in [0.2, 0.25) is 0 Å². The van der Waals surface area contributed by atoms with Crippen molar-refractivity contribution in [2.24, 2.45) is 5.92 Å². The highest BCUT2D eigenvalue weighted by Gasteiger charge is 2.15. The van der Waals surface area contributed by atoms with Gasteiger partial charge in [-0.2, -0.15) is 0 Å². The summed E-state index contributed by atoms with van der Waals surface area (Å²) in [6, 6.07) is 6.12. The fraction of sp³-hybridized carbons (Fsp3) is 0.562. The van der Waals surface area contributed by atoms with Crippen molar-refractivity contribution in [2.75, 3.05) is 18.5 Å². The molecule has 1 aliphatic rings. The molecule has 2 rings (SSSR count). The van der Waals surface area contributed by atoms with Gasteiger partial charge in [-0.3, -0.25) is 4.79 Å². The van der Waals surface area contributed by atoms with Crippen LogP contribution < -0.4 is 15.4 Å². The molecular formula is C16H24N2O2. The first kappa shape index (κ1) is 14.7. The lowest BCUT2D eigenvalue weighted by Gasteiger charge is -2.21. The van der Waals surface area contributed by atoms with E-state index in [0.29, 0.717) is 5.92 Å². The minimum Gasteiger partial charge on any atom is -0.483 e. The van der Waals surface area contributed by atoms with Crippen molar-refractivity contribution in [3.05, 3.63) is 23.8 Å². The van der Waals surface area contributed by atoms with E-state index in [-0.39, 0.29) is 18.6 Å². The second kappa shape index (κ2) is 6.64. The Balaban J connectivity index is 1.93. The highest BCUT2D eigenvalue weighted by molar-refractivity contribution is 5.78. The molecule has 1 aliphatic heterocycles. The van der Waals surface area contributed by atoms with E-state index >= 15 is 0 Å². The van der Waals surface area contributed by atoms with Crippen LogP contribution in [0.1, 0.15) is 32.8 Å². The molecule has 0 aromatic heterocycles. The number of hydrogen-bond donors (Lipinski definition) is 2. The van der Waals surface area contributed by atoms with Gasteiger partial charge in [-0.1, -0.05) is 19.9 Å². The average Bonchev–Trinajstić information content (AvgIpc) is 2.44. The Bertz CT molecular complexity index is 472. The van der Waals surface area contributed by atoms with Crippen molar-refractivity contribution in [3.63, 3.8) is 0 Å². The molecule has 0 bridgehead atoms. The van der Waals surface area contributed by atoms with Gasteiger partial charge in [0.2, 0.25) is 0 Å². The summed E-state index contributed by atoms with van der Waals surface area (Å²) in [6.45, 7) is 7.27. The number of amides is 1. The third-order valence-electron chi connectivity index (χ3n) is 3.80. The van der Waals surface area contributed by atoms with Crippen LogP contribution in [0.15, 0.2) is 18.2 Å². The molecule has 1 aromatic carbocycles. The largest absolute Gasteiger partial charge is 0.483 e. The van der Waals surface area contributed by atoms with Gasteiger partial charge in [0.25, 0.3) is 5.91 Å². The van der Waals surface area contributed by atoms with Crippen LogP contribution in [-0.2, 0) is 11.2 Å². The van der Waals surface area contributed by atoms with Crippen LogP contribution >= 0.6 is 0 Å². The number of hydrogen-bond acceptors (Lipinski definition) is 3. The van der Waals surface area contributed by atoms with Crippen molar-refractivity contribution in [1.82, 2.24) is 5.32 Å². The smallest absolute Gasteiger partial charge is 0.258 e. The van der Waals surface area contributed by atoms with Gasteiger partial charge < -0.3 is 15.4 Å². The van der Waals surface area contributed by atoms with E-state index < -0.39 is 0 Å². The molecule has 0 spiro atoms. The highest BCUT2D eigenvalue weighted by atomic mass is 16.5. The van der Waals surface area contributed by atoms with Crippen molar-refractivity contribution in [3.8, 4) is 5.75 Å². The molecule has 110 valence electrons. The monoisotopic (exact) mass is 276 g/mol. The zero-order chi connectivity index (χ0) is 14.5. The van der Waals surface area contributed by atoms with E-state index in [1.54, 1.807) is 0 Å². The lowest BCUT2D eigenvalue weighted by atomic mass is 10.0. The van der Waals surface area contributed by atoms with Crippen LogP contribution in [0.5, 0.6) is 5.75 Å². The van der Waals surface area contributed by atoms with Gasteiger partial charge in [0, 0.05) is 23.8 Å². The van der Waals surface area contributed by atoms with Gasteiger partial charge in [-0.25, -0.2) is 0 Å². The number of anilines is 1. The van der Waals surface area contributed by atoms with E-state index in [2.05, 4.69) is 30.5 Å². The molecule has 0 radical (unpaired) electrons. The second-order valence-electron chi connectivity index (χ2n) is 5.70. The van der Waals surface area contributed by atoms with E-state index in [1.807, 2.05) is 19.1 Å². The zero-order valence-electron chi connectivity index (χ0n) is 12.5. The number of fused-ring (bicyclic) bond motifs is 1. The fourth-order valence-electron chi connectivity index (χ4n) is 2.22. The van der Waals surface area contributed by atoms with Crippen LogP contribution in [0.3, 0.4) is 0 Å². The summed E-state index contributed by atoms with van der Waals surface area (Å²) in [5.74, 6) is 1.18. The first-order chi connectivity index (χ1) is 9.58. The van der Waals surface area contributed by atoms with Crippen LogP contribution in [0.25, 0.3) is 0 Å². The Kier molecular flexibility index (Phi) is 4.88. The van der Waals surface area contributed by atoms with E-state index in [1.165, 1.54) is 5.56 Å². The quantitative estimate of drug-likeness (QED) is 0.869. The maximum absolute atomic E-state index is 11.8. The topological polar surface area (TPSA) is 50.4 Å². The average molecular weight is 276 g/mol. The normalized spacial score (nSPS) is 15.2. The lowest BCUT2D eigenvalue weighted by Crippen LogP contribution is -2.39. The second-order valence-corrected chi connectivity index (χ2v) is 5.70. The summed E-state index contributed by atoms with van der Waals surface area (Å²) in [6.07, 6.45) is 2.10. The predicted molar refractivity (Wildman–Crippen MR) is 81.2 cm³/mol. The molecule has 1 amide bonds. The van der Waals surface area contributed by atoms with Crippen molar-refractivity contribution >= 4 is 11.6 Å². The first-order valence-electron chi connectivity index (χ1n) is 7.36. The molecular weight excluding hydrogens is 252 g/mol. The summed E-state index contributed by atoms with van der Waals surface area (Å²) < 4.78 is 5.69. The number of benzene rings is 1. The van der Waals surface area contributed by atoms with E-state index in [0.717, 1.165) is 30.8 Å². The maximum atomic E-state index is 11.8. The SMILES string of the molecule is CC(C)C(C)NC(=O)COc1cccc2c1CCCN2. The zero-order valence-corrected chi connectivity index (χ0v) is 12.5. The summed E-state index contributed by atoms with van der Waals surface area (Å²) >= 11 is 0. The van der Waals surface area contributed by atoms with Gasteiger partial charge in [0.1, 0.15) is 5.75 Å². The number of ether oxygens (including phenoxy) is 1. The molecule has 0 aliphatic carbocycles. The molecule has 1 unspecified atom stereocenters. The number of carbonyl (C=O) groups is 1. The molecule has 0 saturated heterocycles. The van der Waals surface area contributed by atoms with Gasteiger partial charge in [0.05, 0.1) is 0 Å². The summed E-state index contributed by atoms with van der Waals surface area (Å²) in [4.78, 5) is 11.8. The van der Waals surface area contributed by atoms with Crippen LogP contribution in [0, 0.1) is 5.92 Å². The molecule has 1 atom stereocenters. The van der Waals surface area contributed by atoms with Gasteiger partial charge in [-0.15, -0.1) is 0 Å². The van der Waals surface area contributed by atoms with Crippen molar-refractivity contribution in [1.29, 1.82) is 0 Å². The molecule has 0 fully saturated rings. The Hall–Kier alpha value is -1.71. The minimum atomic E-state index is -0.0624. The number of carbonyl (C=O) groups excluding carboxylic acids is 1. The summed E-state index contributed by atoms with van der Waals surface area (Å²) in [5.41, 5.74) is 2.31. The molecule has 0 saturated carbocycles. The third-order valence-corrected chi connectivity index (χ3v) is 3.80. The predicted octanol–water partition coefficient (Wildman–Crippen LogP) is 2.58. The first-order valence-corrected chi connectivity index (χ1v) is 7.36. The van der Waals surface area contributed by atoms with Gasteiger partial charge >= 0.3 is 0 Å². The van der Waals surface area contributed by atoms with E-state index in [9.17, 15) is 4.79 Å². The molecule has 4 nitrogen and oxygen atoms in total. The summed E-state index contributed by atoms with van der Waals surface area (Å²) in [7, 11) is 0. The number of nitrogens with one attached hydrogen (secondary N) is 2. The number of rotatable bonds is 5. The van der Waals surface area contributed by atoms with Gasteiger partial charge in [0.15, 0.2) is 6.61 Å². The highest BCUT2D eigenvalue weighted by Crippen LogP contribution is 2.30. The Morgan fingerprint density at radius 2 is 2.20 bits per heavy atom. The van der Waals surface area contributed by atoms with Crippen LogP contribution in [0.4, 0.5) is 5.69 Å². The standard InChI is InChI=1S/C16H24N2O2/c1-11(2)12(3)18-16(19)10-20-15-8-4-7-14-13(15)6-5-9-17-14/h4,7-8,11-12,17H,5-6,9-10H2,1-3H3,(H,18,19). The molecule has 20 heavy (non-hydrogen) atoms. The van der Waals surface area contributed by atoms with Crippen LogP contribution in [-0.4, -0.2) is 25.1 Å². The molecule has 1 aromatic rings. The molecule has 4 heteroatoms.